The van der Waals surface area contributed by atoms with E-state index in [1.54, 1.807) is 18.0 Å². The van der Waals surface area contributed by atoms with Crippen LogP contribution in [0.1, 0.15) is 0 Å². The van der Waals surface area contributed by atoms with Gasteiger partial charge in [0.2, 0.25) is 11.1 Å². The quantitative estimate of drug-likeness (QED) is 0.495. The lowest BCUT2D eigenvalue weighted by atomic mass is 9.98. The van der Waals surface area contributed by atoms with Gasteiger partial charge in [-0.3, -0.25) is 0 Å². The van der Waals surface area contributed by atoms with E-state index in [0.717, 1.165) is 32.9 Å². The van der Waals surface area contributed by atoms with Gasteiger partial charge in [0.1, 0.15) is 17.7 Å². The minimum atomic E-state index is 0.187. The zero-order chi connectivity index (χ0) is 18.2. The van der Waals surface area contributed by atoms with E-state index in [1.807, 2.05) is 36.4 Å². The Morgan fingerprint density at radius 1 is 1.00 bits per heavy atom. The maximum absolute atomic E-state index is 5.92. The van der Waals surface area contributed by atoms with Gasteiger partial charge in [0, 0.05) is 17.1 Å². The summed E-state index contributed by atoms with van der Waals surface area (Å²) >= 11 is 1.38. The predicted molar refractivity (Wildman–Crippen MR) is 106 cm³/mol. The van der Waals surface area contributed by atoms with E-state index in [2.05, 4.69) is 35.5 Å². The van der Waals surface area contributed by atoms with E-state index in [9.17, 15) is 0 Å². The Hall–Kier alpha value is -3.72. The molecule has 3 aromatic heterocycles. The standard InChI is InChI=1S/C18H12N8S/c19-17-23-13-6-2-4-11(12-5-1-3-10-7-20-8-21-15(10)12)14(13)16(24-17)25-18-26-22-9-27-18/h1-9H,(H3,19,23,24,25,26). The van der Waals surface area contributed by atoms with Gasteiger partial charge in [-0.25, -0.2) is 15.0 Å². The van der Waals surface area contributed by atoms with Crippen molar-refractivity contribution in [3.8, 4) is 11.1 Å². The molecule has 0 fully saturated rings. The fourth-order valence-corrected chi connectivity index (χ4v) is 3.52. The largest absolute Gasteiger partial charge is 0.368 e. The topological polar surface area (TPSA) is 115 Å². The van der Waals surface area contributed by atoms with Crippen molar-refractivity contribution in [3.63, 3.8) is 0 Å². The molecule has 5 rings (SSSR count). The van der Waals surface area contributed by atoms with Crippen molar-refractivity contribution >= 4 is 50.0 Å². The molecule has 0 saturated carbocycles. The highest BCUT2D eigenvalue weighted by molar-refractivity contribution is 7.13. The minimum absolute atomic E-state index is 0.187. The van der Waals surface area contributed by atoms with Crippen molar-refractivity contribution in [2.24, 2.45) is 0 Å². The summed E-state index contributed by atoms with van der Waals surface area (Å²) in [6.07, 6.45) is 3.34. The van der Waals surface area contributed by atoms with Crippen LogP contribution in [0.25, 0.3) is 32.9 Å². The molecule has 0 aliphatic heterocycles. The molecule has 0 radical (unpaired) electrons. The molecule has 3 N–H and O–H groups in total. The lowest BCUT2D eigenvalue weighted by Gasteiger charge is -2.13. The van der Waals surface area contributed by atoms with Gasteiger partial charge >= 0.3 is 0 Å². The Morgan fingerprint density at radius 3 is 2.78 bits per heavy atom. The Bertz CT molecular complexity index is 1260. The molecule has 3 heterocycles. The van der Waals surface area contributed by atoms with Gasteiger partial charge < -0.3 is 11.1 Å². The van der Waals surface area contributed by atoms with E-state index in [0.29, 0.717) is 10.9 Å². The molecular weight excluding hydrogens is 360 g/mol. The van der Waals surface area contributed by atoms with Gasteiger partial charge in [0.25, 0.3) is 0 Å². The molecule has 0 aliphatic rings. The zero-order valence-corrected chi connectivity index (χ0v) is 14.7. The number of fused-ring (bicyclic) bond motifs is 2. The van der Waals surface area contributed by atoms with Crippen molar-refractivity contribution < 1.29 is 0 Å². The third-order valence-electron chi connectivity index (χ3n) is 4.15. The van der Waals surface area contributed by atoms with Crippen LogP contribution >= 0.6 is 11.3 Å². The lowest BCUT2D eigenvalue weighted by molar-refractivity contribution is 1.09. The predicted octanol–water partition coefficient (Wildman–Crippen LogP) is 3.42. The maximum Gasteiger partial charge on any atom is 0.222 e. The van der Waals surface area contributed by atoms with Gasteiger partial charge in [-0.1, -0.05) is 41.7 Å². The first kappa shape index (κ1) is 15.5. The second-order valence-electron chi connectivity index (χ2n) is 5.77. The molecule has 27 heavy (non-hydrogen) atoms. The third kappa shape index (κ3) is 2.70. The van der Waals surface area contributed by atoms with E-state index < -0.39 is 0 Å². The first-order chi connectivity index (χ1) is 13.3. The number of nitrogens with one attached hydrogen (secondary N) is 1. The van der Waals surface area contributed by atoms with Crippen molar-refractivity contribution in [1.29, 1.82) is 0 Å². The molecular formula is C18H12N8S. The van der Waals surface area contributed by atoms with E-state index in [4.69, 9.17) is 5.73 Å². The Balaban J connectivity index is 1.82. The number of aromatic nitrogens is 6. The second kappa shape index (κ2) is 6.22. The first-order valence-electron chi connectivity index (χ1n) is 8.08. The molecule has 0 spiro atoms. The van der Waals surface area contributed by atoms with Gasteiger partial charge in [0.05, 0.1) is 16.4 Å². The van der Waals surface area contributed by atoms with Crippen LogP contribution in [-0.4, -0.2) is 30.1 Å². The summed E-state index contributed by atoms with van der Waals surface area (Å²) in [5, 5.41) is 13.5. The molecule has 0 unspecified atom stereocenters. The average molecular weight is 372 g/mol. The SMILES string of the molecule is Nc1nc(Nc2nncs2)c2c(-c3cccc4cncnc34)cccc2n1. The maximum atomic E-state index is 5.92. The minimum Gasteiger partial charge on any atom is -0.368 e. The van der Waals surface area contributed by atoms with E-state index in [-0.39, 0.29) is 5.95 Å². The van der Waals surface area contributed by atoms with Crippen LogP contribution in [0.3, 0.4) is 0 Å². The summed E-state index contributed by atoms with van der Waals surface area (Å²) in [6, 6.07) is 11.9. The molecule has 8 nitrogen and oxygen atoms in total. The van der Waals surface area contributed by atoms with Crippen molar-refractivity contribution in [1.82, 2.24) is 30.1 Å². The normalized spacial score (nSPS) is 11.1. The van der Waals surface area contributed by atoms with Crippen LogP contribution in [-0.2, 0) is 0 Å². The summed E-state index contributed by atoms with van der Waals surface area (Å²) in [7, 11) is 0. The highest BCUT2D eigenvalue weighted by Crippen LogP contribution is 2.36. The fraction of sp³-hybridized carbons (Fsp3) is 0. The number of benzene rings is 2. The highest BCUT2D eigenvalue weighted by Gasteiger charge is 2.15. The number of nitrogens with two attached hydrogens (primary N) is 1. The summed E-state index contributed by atoms with van der Waals surface area (Å²) in [4.78, 5) is 17.4. The zero-order valence-electron chi connectivity index (χ0n) is 13.9. The monoisotopic (exact) mass is 372 g/mol. The lowest BCUT2D eigenvalue weighted by Crippen LogP contribution is -2.02. The Labute approximate surface area is 157 Å². The molecule has 130 valence electrons. The Morgan fingerprint density at radius 2 is 1.89 bits per heavy atom. The van der Waals surface area contributed by atoms with Crippen LogP contribution in [0.15, 0.2) is 54.4 Å². The van der Waals surface area contributed by atoms with Gasteiger partial charge in [0.15, 0.2) is 0 Å². The number of nitrogens with zero attached hydrogens (tertiary/aromatic N) is 6. The molecule has 5 aromatic rings. The molecule has 2 aromatic carbocycles. The summed E-state index contributed by atoms with van der Waals surface area (Å²) in [5.41, 5.74) is 11.1. The molecule has 0 amide bonds. The van der Waals surface area contributed by atoms with Crippen molar-refractivity contribution in [2.75, 3.05) is 11.1 Å². The van der Waals surface area contributed by atoms with E-state index in [1.165, 1.54) is 11.3 Å². The second-order valence-corrected chi connectivity index (χ2v) is 6.60. The van der Waals surface area contributed by atoms with Gasteiger partial charge in [-0.15, -0.1) is 10.2 Å². The number of rotatable bonds is 3. The van der Waals surface area contributed by atoms with Crippen molar-refractivity contribution in [3.05, 3.63) is 54.4 Å². The van der Waals surface area contributed by atoms with Crippen LogP contribution in [0.4, 0.5) is 16.9 Å². The number of anilines is 3. The summed E-state index contributed by atoms with van der Waals surface area (Å²) in [5.74, 6) is 0.766. The number of para-hydroxylation sites is 1. The van der Waals surface area contributed by atoms with Crippen LogP contribution in [0.2, 0.25) is 0 Å². The third-order valence-corrected chi connectivity index (χ3v) is 4.76. The summed E-state index contributed by atoms with van der Waals surface area (Å²) in [6.45, 7) is 0. The number of nitrogen functional groups attached to an aromatic ring is 1. The molecule has 0 aliphatic carbocycles. The average Bonchev–Trinajstić information content (AvgIpc) is 3.20. The first-order valence-corrected chi connectivity index (χ1v) is 8.96. The number of hydrogen-bond donors (Lipinski definition) is 2. The van der Waals surface area contributed by atoms with Gasteiger partial charge in [-0.05, 0) is 11.6 Å². The van der Waals surface area contributed by atoms with Crippen LogP contribution in [0.5, 0.6) is 0 Å². The Kier molecular flexibility index (Phi) is 3.58. The fourth-order valence-electron chi connectivity index (χ4n) is 3.08. The molecule has 0 saturated heterocycles. The van der Waals surface area contributed by atoms with Crippen molar-refractivity contribution in [2.45, 2.75) is 0 Å². The van der Waals surface area contributed by atoms with Crippen LogP contribution in [0, 0.1) is 0 Å². The summed E-state index contributed by atoms with van der Waals surface area (Å²) < 4.78 is 0. The van der Waals surface area contributed by atoms with Gasteiger partial charge in [-0.2, -0.15) is 4.98 Å². The number of hydrogen-bond acceptors (Lipinski definition) is 9. The molecule has 0 atom stereocenters. The smallest absolute Gasteiger partial charge is 0.222 e. The molecule has 9 heteroatoms. The molecule has 0 bridgehead atoms. The highest BCUT2D eigenvalue weighted by atomic mass is 32.1. The van der Waals surface area contributed by atoms with E-state index >= 15 is 0 Å². The van der Waals surface area contributed by atoms with Crippen LogP contribution < -0.4 is 11.1 Å².